The van der Waals surface area contributed by atoms with E-state index >= 15 is 0 Å². The number of H-pyrrole nitrogens is 1. The second kappa shape index (κ2) is 6.86. The van der Waals surface area contributed by atoms with E-state index in [9.17, 15) is 0 Å². The van der Waals surface area contributed by atoms with Crippen molar-refractivity contribution in [2.45, 2.75) is 32.9 Å². The molecule has 0 aliphatic rings. The first-order valence-corrected chi connectivity index (χ1v) is 7.83. The van der Waals surface area contributed by atoms with Gasteiger partial charge in [0.15, 0.2) is 0 Å². The van der Waals surface area contributed by atoms with Crippen LogP contribution in [-0.2, 0) is 6.54 Å². The van der Waals surface area contributed by atoms with Crippen LogP contribution in [0.3, 0.4) is 0 Å². The summed E-state index contributed by atoms with van der Waals surface area (Å²) in [6, 6.07) is 9.06. The minimum Gasteiger partial charge on any atom is -0.361 e. The SMILES string of the molecule is CCSCCC(C)NCc1c[nH]c2ccccc12. The van der Waals surface area contributed by atoms with Gasteiger partial charge in [-0.25, -0.2) is 0 Å². The highest BCUT2D eigenvalue weighted by molar-refractivity contribution is 7.99. The highest BCUT2D eigenvalue weighted by Crippen LogP contribution is 2.17. The Morgan fingerprint density at radius 3 is 3.00 bits per heavy atom. The van der Waals surface area contributed by atoms with E-state index in [1.165, 1.54) is 34.4 Å². The maximum absolute atomic E-state index is 3.60. The lowest BCUT2D eigenvalue weighted by molar-refractivity contribution is 0.539. The number of aromatic amines is 1. The summed E-state index contributed by atoms with van der Waals surface area (Å²) in [4.78, 5) is 3.32. The number of hydrogen-bond donors (Lipinski definition) is 2. The quantitative estimate of drug-likeness (QED) is 0.743. The summed E-state index contributed by atoms with van der Waals surface area (Å²) in [6.07, 6.45) is 3.35. The Hall–Kier alpha value is -0.930. The Morgan fingerprint density at radius 1 is 1.33 bits per heavy atom. The van der Waals surface area contributed by atoms with Gasteiger partial charge in [-0.3, -0.25) is 0 Å². The smallest absolute Gasteiger partial charge is 0.0457 e. The summed E-state index contributed by atoms with van der Waals surface area (Å²) in [5.74, 6) is 2.47. The molecule has 2 rings (SSSR count). The second-order valence-electron chi connectivity index (χ2n) is 4.63. The predicted molar refractivity (Wildman–Crippen MR) is 82.2 cm³/mol. The maximum atomic E-state index is 3.60. The van der Waals surface area contributed by atoms with Crippen LogP contribution in [-0.4, -0.2) is 22.5 Å². The number of fused-ring (bicyclic) bond motifs is 1. The first-order valence-electron chi connectivity index (χ1n) is 6.67. The van der Waals surface area contributed by atoms with Crippen LogP contribution in [0, 0.1) is 0 Å². The van der Waals surface area contributed by atoms with Crippen LogP contribution in [0.2, 0.25) is 0 Å². The Kier molecular flexibility index (Phi) is 5.14. The van der Waals surface area contributed by atoms with Gasteiger partial charge in [0.1, 0.15) is 0 Å². The number of aromatic nitrogens is 1. The first-order chi connectivity index (χ1) is 8.81. The van der Waals surface area contributed by atoms with Crippen molar-refractivity contribution < 1.29 is 0 Å². The zero-order chi connectivity index (χ0) is 12.8. The summed E-state index contributed by atoms with van der Waals surface area (Å²) in [7, 11) is 0. The lowest BCUT2D eigenvalue weighted by Gasteiger charge is -2.12. The first kappa shape index (κ1) is 13.5. The largest absolute Gasteiger partial charge is 0.361 e. The Morgan fingerprint density at radius 2 is 2.17 bits per heavy atom. The summed E-state index contributed by atoms with van der Waals surface area (Å²) in [6.45, 7) is 5.43. The molecule has 0 spiro atoms. The fraction of sp³-hybridized carbons (Fsp3) is 0.467. The lowest BCUT2D eigenvalue weighted by atomic mass is 10.1. The van der Waals surface area contributed by atoms with Crippen LogP contribution < -0.4 is 5.32 Å². The summed E-state index contributed by atoms with van der Waals surface area (Å²) in [5.41, 5.74) is 2.59. The zero-order valence-electron chi connectivity index (χ0n) is 11.2. The lowest BCUT2D eigenvalue weighted by Crippen LogP contribution is -2.25. The average Bonchev–Trinajstić information content (AvgIpc) is 2.80. The van der Waals surface area contributed by atoms with E-state index in [2.05, 4.69) is 54.6 Å². The monoisotopic (exact) mass is 262 g/mol. The molecule has 0 bridgehead atoms. The van der Waals surface area contributed by atoms with E-state index in [0.717, 1.165) is 6.54 Å². The van der Waals surface area contributed by atoms with Crippen molar-refractivity contribution in [2.75, 3.05) is 11.5 Å². The number of para-hydroxylation sites is 1. The number of benzene rings is 1. The topological polar surface area (TPSA) is 27.8 Å². The summed E-state index contributed by atoms with van der Waals surface area (Å²) in [5, 5.41) is 4.94. The number of hydrogen-bond acceptors (Lipinski definition) is 2. The van der Waals surface area contributed by atoms with E-state index in [-0.39, 0.29) is 0 Å². The van der Waals surface area contributed by atoms with Gasteiger partial charge in [0, 0.05) is 29.7 Å². The van der Waals surface area contributed by atoms with Crippen molar-refractivity contribution in [3.8, 4) is 0 Å². The van der Waals surface area contributed by atoms with Gasteiger partial charge in [-0.05, 0) is 36.5 Å². The third-order valence-corrected chi connectivity index (χ3v) is 4.15. The van der Waals surface area contributed by atoms with Crippen LogP contribution >= 0.6 is 11.8 Å². The molecular formula is C15H22N2S. The molecule has 3 heteroatoms. The molecule has 1 aromatic heterocycles. The summed E-state index contributed by atoms with van der Waals surface area (Å²) < 4.78 is 0. The molecule has 18 heavy (non-hydrogen) atoms. The second-order valence-corrected chi connectivity index (χ2v) is 6.02. The van der Waals surface area contributed by atoms with Crippen LogP contribution in [0.15, 0.2) is 30.5 Å². The molecule has 2 N–H and O–H groups in total. The molecular weight excluding hydrogens is 240 g/mol. The molecule has 0 saturated heterocycles. The van der Waals surface area contributed by atoms with Gasteiger partial charge in [-0.15, -0.1) is 0 Å². The molecule has 2 aromatic rings. The third-order valence-electron chi connectivity index (χ3n) is 3.22. The van der Waals surface area contributed by atoms with Gasteiger partial charge < -0.3 is 10.3 Å². The maximum Gasteiger partial charge on any atom is 0.0457 e. The van der Waals surface area contributed by atoms with Gasteiger partial charge in [-0.1, -0.05) is 25.1 Å². The molecule has 2 nitrogen and oxygen atoms in total. The van der Waals surface area contributed by atoms with Crippen molar-refractivity contribution in [3.63, 3.8) is 0 Å². The van der Waals surface area contributed by atoms with Crippen molar-refractivity contribution in [1.29, 1.82) is 0 Å². The molecule has 0 aliphatic carbocycles. The average molecular weight is 262 g/mol. The summed E-state index contributed by atoms with van der Waals surface area (Å²) >= 11 is 2.02. The van der Waals surface area contributed by atoms with Gasteiger partial charge in [0.25, 0.3) is 0 Å². The predicted octanol–water partition coefficient (Wildman–Crippen LogP) is 3.79. The van der Waals surface area contributed by atoms with Gasteiger partial charge in [0.05, 0.1) is 0 Å². The molecule has 0 amide bonds. The Bertz CT molecular complexity index is 478. The molecule has 0 radical (unpaired) electrons. The number of rotatable bonds is 7. The van der Waals surface area contributed by atoms with Crippen LogP contribution in [0.5, 0.6) is 0 Å². The van der Waals surface area contributed by atoms with E-state index in [1.54, 1.807) is 0 Å². The molecule has 1 heterocycles. The van der Waals surface area contributed by atoms with Gasteiger partial charge in [-0.2, -0.15) is 11.8 Å². The normalized spacial score (nSPS) is 13.0. The Balaban J connectivity index is 1.86. The third kappa shape index (κ3) is 3.53. The van der Waals surface area contributed by atoms with Crippen molar-refractivity contribution >= 4 is 22.7 Å². The van der Waals surface area contributed by atoms with E-state index < -0.39 is 0 Å². The standard InChI is InChI=1S/C15H22N2S/c1-3-18-9-8-12(2)16-10-13-11-17-15-7-5-4-6-14(13)15/h4-7,11-12,16-17H,3,8-10H2,1-2H3. The highest BCUT2D eigenvalue weighted by atomic mass is 32.2. The minimum absolute atomic E-state index is 0.581. The van der Waals surface area contributed by atoms with E-state index in [4.69, 9.17) is 0 Å². The van der Waals surface area contributed by atoms with E-state index in [1.807, 2.05) is 11.8 Å². The minimum atomic E-state index is 0.581. The number of nitrogens with one attached hydrogen (secondary N) is 2. The van der Waals surface area contributed by atoms with Crippen molar-refractivity contribution in [3.05, 3.63) is 36.0 Å². The van der Waals surface area contributed by atoms with E-state index in [0.29, 0.717) is 6.04 Å². The molecule has 98 valence electrons. The van der Waals surface area contributed by atoms with Crippen LogP contribution in [0.1, 0.15) is 25.8 Å². The molecule has 1 unspecified atom stereocenters. The zero-order valence-corrected chi connectivity index (χ0v) is 12.0. The van der Waals surface area contributed by atoms with Crippen LogP contribution in [0.4, 0.5) is 0 Å². The van der Waals surface area contributed by atoms with Crippen LogP contribution in [0.25, 0.3) is 10.9 Å². The van der Waals surface area contributed by atoms with Crippen molar-refractivity contribution in [2.24, 2.45) is 0 Å². The Labute approximate surface area is 114 Å². The molecule has 1 aromatic carbocycles. The highest BCUT2D eigenvalue weighted by Gasteiger charge is 2.05. The molecule has 1 atom stereocenters. The molecule has 0 saturated carbocycles. The molecule has 0 fully saturated rings. The number of thioether (sulfide) groups is 1. The van der Waals surface area contributed by atoms with Crippen molar-refractivity contribution in [1.82, 2.24) is 10.3 Å². The van der Waals surface area contributed by atoms with Gasteiger partial charge in [0.2, 0.25) is 0 Å². The fourth-order valence-electron chi connectivity index (χ4n) is 2.07. The molecule has 0 aliphatic heterocycles. The fourth-order valence-corrected chi connectivity index (χ4v) is 2.88. The van der Waals surface area contributed by atoms with Gasteiger partial charge >= 0.3 is 0 Å².